The van der Waals surface area contributed by atoms with Gasteiger partial charge in [-0.3, -0.25) is 4.79 Å². The Labute approximate surface area is 104 Å². The second kappa shape index (κ2) is 6.36. The van der Waals surface area contributed by atoms with Gasteiger partial charge in [0, 0.05) is 17.3 Å². The van der Waals surface area contributed by atoms with Gasteiger partial charge in [0.2, 0.25) is 5.91 Å². The van der Waals surface area contributed by atoms with Crippen LogP contribution in [0.25, 0.3) is 0 Å². The Morgan fingerprint density at radius 2 is 2.29 bits per heavy atom. The SMILES string of the molecule is CCC(CN)C(=O)NC(C(=O)O)c1cccs1. The van der Waals surface area contributed by atoms with Crippen LogP contribution in [0, 0.1) is 5.92 Å². The van der Waals surface area contributed by atoms with E-state index in [-0.39, 0.29) is 18.4 Å². The van der Waals surface area contributed by atoms with Gasteiger partial charge in [0.05, 0.1) is 0 Å². The lowest BCUT2D eigenvalue weighted by atomic mass is 10.1. The van der Waals surface area contributed by atoms with Crippen molar-refractivity contribution in [3.63, 3.8) is 0 Å². The Kier molecular flexibility index (Phi) is 5.11. The van der Waals surface area contributed by atoms with E-state index in [1.54, 1.807) is 17.5 Å². The first-order chi connectivity index (χ1) is 8.10. The summed E-state index contributed by atoms with van der Waals surface area (Å²) in [5.74, 6) is -1.71. The van der Waals surface area contributed by atoms with E-state index in [2.05, 4.69) is 5.32 Å². The van der Waals surface area contributed by atoms with Crippen LogP contribution in [0.4, 0.5) is 0 Å². The third-order valence-electron chi connectivity index (χ3n) is 2.51. The number of nitrogens with one attached hydrogen (secondary N) is 1. The lowest BCUT2D eigenvalue weighted by Crippen LogP contribution is -2.39. The molecule has 1 rings (SSSR count). The molecule has 0 saturated carbocycles. The van der Waals surface area contributed by atoms with Crippen molar-refractivity contribution in [3.05, 3.63) is 22.4 Å². The summed E-state index contributed by atoms with van der Waals surface area (Å²) in [7, 11) is 0. The number of nitrogens with two attached hydrogens (primary N) is 1. The third kappa shape index (κ3) is 3.54. The second-order valence-electron chi connectivity index (χ2n) is 3.64. The number of carbonyl (C=O) groups is 2. The van der Waals surface area contributed by atoms with E-state index in [1.165, 1.54) is 11.3 Å². The Morgan fingerprint density at radius 3 is 2.71 bits per heavy atom. The van der Waals surface area contributed by atoms with E-state index in [4.69, 9.17) is 10.8 Å². The Bertz CT molecular complexity index is 374. The zero-order valence-electron chi connectivity index (χ0n) is 9.55. The molecule has 4 N–H and O–H groups in total. The van der Waals surface area contributed by atoms with Gasteiger partial charge < -0.3 is 16.2 Å². The van der Waals surface area contributed by atoms with Gasteiger partial charge in [-0.25, -0.2) is 4.79 Å². The maximum atomic E-state index is 11.8. The summed E-state index contributed by atoms with van der Waals surface area (Å²) in [5.41, 5.74) is 5.45. The number of hydrogen-bond acceptors (Lipinski definition) is 4. The van der Waals surface area contributed by atoms with Crippen molar-refractivity contribution in [2.75, 3.05) is 6.54 Å². The molecule has 0 aliphatic rings. The van der Waals surface area contributed by atoms with Gasteiger partial charge >= 0.3 is 5.97 Å². The van der Waals surface area contributed by atoms with Crippen molar-refractivity contribution in [1.29, 1.82) is 0 Å². The van der Waals surface area contributed by atoms with Gasteiger partial charge in [-0.15, -0.1) is 11.3 Å². The molecule has 6 heteroatoms. The number of carbonyl (C=O) groups excluding carboxylic acids is 1. The summed E-state index contributed by atoms with van der Waals surface area (Å²) < 4.78 is 0. The molecule has 0 saturated heterocycles. The van der Waals surface area contributed by atoms with Gasteiger partial charge in [-0.1, -0.05) is 13.0 Å². The molecule has 5 nitrogen and oxygen atoms in total. The van der Waals surface area contributed by atoms with Gasteiger partial charge in [-0.2, -0.15) is 0 Å². The van der Waals surface area contributed by atoms with Gasteiger partial charge in [0.25, 0.3) is 0 Å². The normalized spacial score (nSPS) is 14.0. The van der Waals surface area contributed by atoms with Crippen molar-refractivity contribution in [3.8, 4) is 0 Å². The second-order valence-corrected chi connectivity index (χ2v) is 4.62. The summed E-state index contributed by atoms with van der Waals surface area (Å²) in [6.45, 7) is 2.07. The highest BCUT2D eigenvalue weighted by atomic mass is 32.1. The van der Waals surface area contributed by atoms with Crippen molar-refractivity contribution in [2.24, 2.45) is 11.7 Å². The van der Waals surface area contributed by atoms with Crippen LogP contribution < -0.4 is 11.1 Å². The van der Waals surface area contributed by atoms with E-state index in [9.17, 15) is 9.59 Å². The highest BCUT2D eigenvalue weighted by molar-refractivity contribution is 7.10. The molecule has 2 atom stereocenters. The largest absolute Gasteiger partial charge is 0.479 e. The summed E-state index contributed by atoms with van der Waals surface area (Å²) in [5, 5.41) is 13.4. The third-order valence-corrected chi connectivity index (χ3v) is 3.45. The van der Waals surface area contributed by atoms with E-state index in [1.807, 2.05) is 6.92 Å². The van der Waals surface area contributed by atoms with E-state index >= 15 is 0 Å². The predicted molar refractivity (Wildman–Crippen MR) is 65.7 cm³/mol. The fourth-order valence-corrected chi connectivity index (χ4v) is 2.20. The maximum Gasteiger partial charge on any atom is 0.331 e. The lowest BCUT2D eigenvalue weighted by Gasteiger charge is -2.17. The average Bonchev–Trinajstić information content (AvgIpc) is 2.80. The molecule has 0 aromatic carbocycles. The zero-order valence-corrected chi connectivity index (χ0v) is 10.4. The van der Waals surface area contributed by atoms with Crippen LogP contribution in [-0.4, -0.2) is 23.5 Å². The van der Waals surface area contributed by atoms with Crippen LogP contribution in [0.3, 0.4) is 0 Å². The van der Waals surface area contributed by atoms with Gasteiger partial charge in [0.1, 0.15) is 0 Å². The number of rotatable bonds is 6. The highest BCUT2D eigenvalue weighted by Crippen LogP contribution is 2.19. The van der Waals surface area contributed by atoms with Crippen LogP contribution in [0.15, 0.2) is 17.5 Å². The number of aliphatic carboxylic acids is 1. The molecule has 0 radical (unpaired) electrons. The van der Waals surface area contributed by atoms with Crippen LogP contribution in [0.1, 0.15) is 24.3 Å². The van der Waals surface area contributed by atoms with Crippen LogP contribution in [0.5, 0.6) is 0 Å². The number of carboxylic acid groups (broad SMARTS) is 1. The standard InChI is InChI=1S/C11H16N2O3S/c1-2-7(6-12)10(14)13-9(11(15)16)8-4-3-5-17-8/h3-5,7,9H,2,6,12H2,1H3,(H,13,14)(H,15,16). The summed E-state index contributed by atoms with van der Waals surface area (Å²) in [6, 6.07) is 2.46. The number of carboxylic acids is 1. The number of amides is 1. The summed E-state index contributed by atoms with van der Waals surface area (Å²) in [4.78, 5) is 23.5. The van der Waals surface area contributed by atoms with Crippen molar-refractivity contribution in [2.45, 2.75) is 19.4 Å². The molecular formula is C11H16N2O3S. The molecule has 17 heavy (non-hydrogen) atoms. The van der Waals surface area contributed by atoms with E-state index in [0.29, 0.717) is 11.3 Å². The predicted octanol–water partition coefficient (Wildman–Crippen LogP) is 0.975. The van der Waals surface area contributed by atoms with Crippen molar-refractivity contribution >= 4 is 23.2 Å². The fraction of sp³-hybridized carbons (Fsp3) is 0.455. The Morgan fingerprint density at radius 1 is 1.59 bits per heavy atom. The maximum absolute atomic E-state index is 11.8. The molecule has 1 aromatic rings. The van der Waals surface area contributed by atoms with E-state index in [0.717, 1.165) is 0 Å². The lowest BCUT2D eigenvalue weighted by molar-refractivity contribution is -0.142. The summed E-state index contributed by atoms with van der Waals surface area (Å²) in [6.07, 6.45) is 0.596. The fourth-order valence-electron chi connectivity index (χ4n) is 1.43. The van der Waals surface area contributed by atoms with Crippen molar-refractivity contribution < 1.29 is 14.7 Å². The highest BCUT2D eigenvalue weighted by Gasteiger charge is 2.25. The molecule has 2 unspecified atom stereocenters. The molecule has 1 amide bonds. The molecule has 0 fully saturated rings. The molecule has 1 aromatic heterocycles. The zero-order chi connectivity index (χ0) is 12.8. The van der Waals surface area contributed by atoms with Gasteiger partial charge in [0.15, 0.2) is 6.04 Å². The number of thiophene rings is 1. The first-order valence-electron chi connectivity index (χ1n) is 5.36. The van der Waals surface area contributed by atoms with Gasteiger partial charge in [-0.05, 0) is 17.9 Å². The minimum absolute atomic E-state index is 0.221. The molecule has 0 aliphatic heterocycles. The van der Waals surface area contributed by atoms with Crippen molar-refractivity contribution in [1.82, 2.24) is 5.32 Å². The molecule has 94 valence electrons. The quantitative estimate of drug-likeness (QED) is 0.707. The monoisotopic (exact) mass is 256 g/mol. The van der Waals surface area contributed by atoms with Crippen LogP contribution >= 0.6 is 11.3 Å². The minimum Gasteiger partial charge on any atom is -0.479 e. The minimum atomic E-state index is -1.06. The Hall–Kier alpha value is -1.40. The topological polar surface area (TPSA) is 92.4 Å². The molecule has 0 aliphatic carbocycles. The van der Waals surface area contributed by atoms with Crippen LogP contribution in [-0.2, 0) is 9.59 Å². The smallest absolute Gasteiger partial charge is 0.331 e. The molecule has 1 heterocycles. The average molecular weight is 256 g/mol. The van der Waals surface area contributed by atoms with E-state index < -0.39 is 12.0 Å². The first kappa shape index (κ1) is 13.7. The summed E-state index contributed by atoms with van der Waals surface area (Å²) >= 11 is 1.30. The molecule has 0 bridgehead atoms. The Balaban J connectivity index is 2.75. The molecular weight excluding hydrogens is 240 g/mol. The first-order valence-corrected chi connectivity index (χ1v) is 6.24. The van der Waals surface area contributed by atoms with Crippen LogP contribution in [0.2, 0.25) is 0 Å². The molecule has 0 spiro atoms. The number of hydrogen-bond donors (Lipinski definition) is 3.